The summed E-state index contributed by atoms with van der Waals surface area (Å²) in [5, 5.41) is 8.66. The first-order valence-electron chi connectivity index (χ1n) is 5.20. The Hall–Kier alpha value is -1.66. The highest BCUT2D eigenvalue weighted by Gasteiger charge is 2.11. The molecular weight excluding hydrogens is 272 g/mol. The maximum atomic E-state index is 12.0. The number of hydrogen-bond donors (Lipinski definition) is 2. The number of aromatic nitrogens is 2. The third kappa shape index (κ3) is 2.96. The van der Waals surface area contributed by atoms with Gasteiger partial charge in [0.15, 0.2) is 0 Å². The lowest BCUT2D eigenvalue weighted by atomic mass is 10.2. The number of carbonyl (C=O) groups excluding carboxylic acids is 1. The fourth-order valence-corrected chi connectivity index (χ4v) is 2.09. The Morgan fingerprint density at radius 3 is 3.00 bits per heavy atom. The van der Waals surface area contributed by atoms with Crippen LogP contribution in [-0.4, -0.2) is 22.9 Å². The van der Waals surface area contributed by atoms with E-state index in [1.807, 2.05) is 5.38 Å². The molecule has 0 atom stereocenters. The van der Waals surface area contributed by atoms with Crippen LogP contribution in [0.25, 0.3) is 0 Å². The second-order valence-corrected chi connectivity index (χ2v) is 4.79. The molecule has 2 heterocycles. The van der Waals surface area contributed by atoms with Crippen molar-refractivity contribution in [1.82, 2.24) is 15.3 Å². The SMILES string of the molecule is CNc1cc(C(=O)NCc2nccs2)c(Cl)cn1. The molecule has 7 heteroatoms. The van der Waals surface area contributed by atoms with E-state index in [0.717, 1.165) is 5.01 Å². The molecule has 0 spiro atoms. The lowest BCUT2D eigenvalue weighted by Gasteiger charge is -2.07. The van der Waals surface area contributed by atoms with Crippen molar-refractivity contribution >= 4 is 34.7 Å². The first-order valence-corrected chi connectivity index (χ1v) is 6.46. The van der Waals surface area contributed by atoms with Gasteiger partial charge in [0.2, 0.25) is 0 Å². The maximum absolute atomic E-state index is 12.0. The van der Waals surface area contributed by atoms with Crippen LogP contribution in [0.1, 0.15) is 15.4 Å². The average molecular weight is 283 g/mol. The summed E-state index contributed by atoms with van der Waals surface area (Å²) in [6.45, 7) is 0.393. The quantitative estimate of drug-likeness (QED) is 0.902. The molecule has 0 saturated carbocycles. The number of nitrogens with one attached hydrogen (secondary N) is 2. The Labute approximate surface area is 113 Å². The molecule has 0 aliphatic carbocycles. The number of anilines is 1. The topological polar surface area (TPSA) is 66.9 Å². The van der Waals surface area contributed by atoms with Gasteiger partial charge >= 0.3 is 0 Å². The Bertz CT molecular complexity index is 544. The lowest BCUT2D eigenvalue weighted by Crippen LogP contribution is -2.23. The summed E-state index contributed by atoms with van der Waals surface area (Å²) < 4.78 is 0. The van der Waals surface area contributed by atoms with Gasteiger partial charge in [-0.1, -0.05) is 11.6 Å². The van der Waals surface area contributed by atoms with Crippen molar-refractivity contribution < 1.29 is 4.79 Å². The zero-order chi connectivity index (χ0) is 13.0. The highest BCUT2D eigenvalue weighted by molar-refractivity contribution is 7.09. The van der Waals surface area contributed by atoms with Crippen LogP contribution in [0, 0.1) is 0 Å². The van der Waals surface area contributed by atoms with E-state index in [1.165, 1.54) is 17.5 Å². The van der Waals surface area contributed by atoms with E-state index >= 15 is 0 Å². The second-order valence-electron chi connectivity index (χ2n) is 3.41. The molecule has 0 bridgehead atoms. The van der Waals surface area contributed by atoms with Crippen LogP contribution >= 0.6 is 22.9 Å². The first-order chi connectivity index (χ1) is 8.70. The lowest BCUT2D eigenvalue weighted by molar-refractivity contribution is 0.0951. The minimum Gasteiger partial charge on any atom is -0.373 e. The number of hydrogen-bond acceptors (Lipinski definition) is 5. The van der Waals surface area contributed by atoms with E-state index in [1.54, 1.807) is 19.3 Å². The molecular formula is C11H11ClN4OS. The Morgan fingerprint density at radius 2 is 2.33 bits per heavy atom. The van der Waals surface area contributed by atoms with Crippen molar-refractivity contribution in [2.45, 2.75) is 6.54 Å². The summed E-state index contributed by atoms with van der Waals surface area (Å²) in [6, 6.07) is 1.61. The van der Waals surface area contributed by atoms with E-state index < -0.39 is 0 Å². The molecule has 0 radical (unpaired) electrons. The highest BCUT2D eigenvalue weighted by Crippen LogP contribution is 2.17. The van der Waals surface area contributed by atoms with Crippen LogP contribution in [0.3, 0.4) is 0 Å². The molecule has 0 aromatic carbocycles. The monoisotopic (exact) mass is 282 g/mol. The van der Waals surface area contributed by atoms with Gasteiger partial charge in [-0.05, 0) is 6.07 Å². The molecule has 5 nitrogen and oxygen atoms in total. The van der Waals surface area contributed by atoms with Crippen LogP contribution in [0.15, 0.2) is 23.8 Å². The van der Waals surface area contributed by atoms with Crippen molar-refractivity contribution in [3.05, 3.63) is 39.4 Å². The largest absolute Gasteiger partial charge is 0.373 e. The highest BCUT2D eigenvalue weighted by atomic mass is 35.5. The zero-order valence-electron chi connectivity index (χ0n) is 9.61. The fraction of sp³-hybridized carbons (Fsp3) is 0.182. The van der Waals surface area contributed by atoms with Gasteiger partial charge in [-0.25, -0.2) is 9.97 Å². The molecule has 2 aromatic rings. The molecule has 0 saturated heterocycles. The van der Waals surface area contributed by atoms with Crippen LogP contribution < -0.4 is 10.6 Å². The van der Waals surface area contributed by atoms with Crippen molar-refractivity contribution in [3.8, 4) is 0 Å². The number of halogens is 1. The Morgan fingerprint density at radius 1 is 1.50 bits per heavy atom. The minimum absolute atomic E-state index is 0.242. The summed E-state index contributed by atoms with van der Waals surface area (Å²) in [7, 11) is 1.73. The van der Waals surface area contributed by atoms with Crippen molar-refractivity contribution in [3.63, 3.8) is 0 Å². The van der Waals surface area contributed by atoms with Gasteiger partial charge in [0.1, 0.15) is 10.8 Å². The molecule has 0 aliphatic rings. The van der Waals surface area contributed by atoms with E-state index in [9.17, 15) is 4.79 Å². The van der Waals surface area contributed by atoms with E-state index in [-0.39, 0.29) is 5.91 Å². The average Bonchev–Trinajstić information content (AvgIpc) is 2.89. The van der Waals surface area contributed by atoms with Crippen LogP contribution in [-0.2, 0) is 6.54 Å². The molecule has 0 unspecified atom stereocenters. The predicted octanol–water partition coefficient (Wildman–Crippen LogP) is 2.16. The summed E-state index contributed by atoms with van der Waals surface area (Å²) >= 11 is 7.43. The Kier molecular flexibility index (Phi) is 4.11. The number of thiazole rings is 1. The van der Waals surface area contributed by atoms with E-state index in [2.05, 4.69) is 20.6 Å². The molecule has 2 N–H and O–H groups in total. The van der Waals surface area contributed by atoms with Gasteiger partial charge in [0.25, 0.3) is 5.91 Å². The fourth-order valence-electron chi connectivity index (χ4n) is 1.34. The zero-order valence-corrected chi connectivity index (χ0v) is 11.2. The second kappa shape index (κ2) is 5.79. The van der Waals surface area contributed by atoms with Gasteiger partial charge < -0.3 is 10.6 Å². The maximum Gasteiger partial charge on any atom is 0.253 e. The predicted molar refractivity (Wildman–Crippen MR) is 72.1 cm³/mol. The van der Waals surface area contributed by atoms with E-state index in [0.29, 0.717) is 22.9 Å². The van der Waals surface area contributed by atoms with Gasteiger partial charge in [-0.15, -0.1) is 11.3 Å². The van der Waals surface area contributed by atoms with E-state index in [4.69, 9.17) is 11.6 Å². The van der Waals surface area contributed by atoms with Crippen LogP contribution in [0.2, 0.25) is 5.02 Å². The molecule has 18 heavy (non-hydrogen) atoms. The third-order valence-corrected chi connectivity index (χ3v) is 3.32. The molecule has 0 aliphatic heterocycles. The van der Waals surface area contributed by atoms with Gasteiger partial charge in [0.05, 0.1) is 17.1 Å². The summed E-state index contributed by atoms with van der Waals surface area (Å²) in [6.07, 6.45) is 3.15. The smallest absolute Gasteiger partial charge is 0.253 e. The summed E-state index contributed by atoms with van der Waals surface area (Å²) in [5.41, 5.74) is 0.396. The minimum atomic E-state index is -0.242. The number of rotatable bonds is 4. The number of amides is 1. The first kappa shape index (κ1) is 12.8. The molecule has 2 aromatic heterocycles. The van der Waals surface area contributed by atoms with Gasteiger partial charge in [-0.3, -0.25) is 4.79 Å². The number of carbonyl (C=O) groups is 1. The summed E-state index contributed by atoms with van der Waals surface area (Å²) in [4.78, 5) is 20.1. The summed E-state index contributed by atoms with van der Waals surface area (Å²) in [5.74, 6) is 0.355. The van der Waals surface area contributed by atoms with Crippen LogP contribution in [0.5, 0.6) is 0 Å². The standard InChI is InChI=1S/C11H11ClN4OS/c1-13-9-4-7(8(12)5-15-9)11(17)16-6-10-14-2-3-18-10/h2-5H,6H2,1H3,(H,13,15)(H,16,17). The van der Waals surface area contributed by atoms with Crippen molar-refractivity contribution in [1.29, 1.82) is 0 Å². The van der Waals surface area contributed by atoms with Crippen molar-refractivity contribution in [2.24, 2.45) is 0 Å². The van der Waals surface area contributed by atoms with Crippen LogP contribution in [0.4, 0.5) is 5.82 Å². The van der Waals surface area contributed by atoms with Crippen molar-refractivity contribution in [2.75, 3.05) is 12.4 Å². The molecule has 2 rings (SSSR count). The van der Waals surface area contributed by atoms with Gasteiger partial charge in [-0.2, -0.15) is 0 Å². The normalized spacial score (nSPS) is 10.1. The molecule has 94 valence electrons. The number of pyridine rings is 1. The molecule has 0 fully saturated rings. The Balaban J connectivity index is 2.08. The molecule has 1 amide bonds. The number of nitrogens with zero attached hydrogens (tertiary/aromatic N) is 2. The van der Waals surface area contributed by atoms with Gasteiger partial charge in [0, 0.05) is 24.8 Å². The third-order valence-electron chi connectivity index (χ3n) is 2.24.